The highest BCUT2D eigenvalue weighted by Crippen LogP contribution is 2.28. The van der Waals surface area contributed by atoms with Gasteiger partial charge in [0, 0.05) is 19.2 Å². The second kappa shape index (κ2) is 6.80. The van der Waals surface area contributed by atoms with Gasteiger partial charge < -0.3 is 10.1 Å². The number of hydrogen-bond donors (Lipinski definition) is 1. The van der Waals surface area contributed by atoms with Crippen LogP contribution >= 0.6 is 0 Å². The Morgan fingerprint density at radius 3 is 2.93 bits per heavy atom. The Labute approximate surface area is 86.4 Å². The summed E-state index contributed by atoms with van der Waals surface area (Å²) in [4.78, 5) is 0. The maximum Gasteiger partial charge on any atom is 0.0638 e. The Morgan fingerprint density at radius 1 is 1.57 bits per heavy atom. The lowest BCUT2D eigenvalue weighted by molar-refractivity contribution is 0.124. The van der Waals surface area contributed by atoms with Crippen molar-refractivity contribution in [2.45, 2.75) is 38.6 Å². The molecule has 1 N–H and O–H groups in total. The molecule has 0 aromatic heterocycles. The van der Waals surface area contributed by atoms with Crippen molar-refractivity contribution in [2.24, 2.45) is 5.92 Å². The molecule has 1 atom stereocenters. The molecule has 3 nitrogen and oxygen atoms in total. The van der Waals surface area contributed by atoms with E-state index in [1.807, 2.05) is 0 Å². The number of hydrogen-bond acceptors (Lipinski definition) is 3. The van der Waals surface area contributed by atoms with Crippen molar-refractivity contribution in [3.8, 4) is 6.07 Å². The summed E-state index contributed by atoms with van der Waals surface area (Å²) in [7, 11) is 0. The zero-order valence-corrected chi connectivity index (χ0v) is 8.96. The van der Waals surface area contributed by atoms with Gasteiger partial charge in [0.2, 0.25) is 0 Å². The molecule has 0 saturated heterocycles. The summed E-state index contributed by atoms with van der Waals surface area (Å²) in [6, 6.07) is 2.52. The fourth-order valence-electron chi connectivity index (χ4n) is 1.34. The van der Waals surface area contributed by atoms with Gasteiger partial charge in [0.25, 0.3) is 0 Å². The maximum atomic E-state index is 8.53. The van der Waals surface area contributed by atoms with Crippen molar-refractivity contribution in [2.75, 3.05) is 19.8 Å². The predicted molar refractivity (Wildman–Crippen MR) is 55.9 cm³/mol. The molecule has 1 fully saturated rings. The summed E-state index contributed by atoms with van der Waals surface area (Å²) in [5, 5.41) is 11.8. The van der Waals surface area contributed by atoms with Crippen LogP contribution < -0.4 is 5.32 Å². The van der Waals surface area contributed by atoms with E-state index >= 15 is 0 Å². The molecule has 80 valence electrons. The smallest absolute Gasteiger partial charge is 0.0638 e. The third-order valence-corrected chi connectivity index (χ3v) is 2.56. The first-order valence-electron chi connectivity index (χ1n) is 5.55. The van der Waals surface area contributed by atoms with Crippen LogP contribution in [0.3, 0.4) is 0 Å². The molecule has 0 bridgehead atoms. The van der Waals surface area contributed by atoms with Crippen LogP contribution in [0.5, 0.6) is 0 Å². The summed E-state index contributed by atoms with van der Waals surface area (Å²) in [6.45, 7) is 4.67. The van der Waals surface area contributed by atoms with Crippen molar-refractivity contribution in [3.63, 3.8) is 0 Å². The predicted octanol–water partition coefficient (Wildman–Crippen LogP) is 1.69. The molecule has 1 aliphatic carbocycles. The van der Waals surface area contributed by atoms with Gasteiger partial charge in [0.05, 0.1) is 19.1 Å². The Hall–Kier alpha value is -0.590. The molecular formula is C11H20N2O. The normalized spacial score (nSPS) is 17.7. The number of nitrogens with one attached hydrogen (secondary N) is 1. The van der Waals surface area contributed by atoms with E-state index in [4.69, 9.17) is 10.00 Å². The summed E-state index contributed by atoms with van der Waals surface area (Å²) in [6.07, 6.45) is 4.30. The SMILES string of the molecule is CCC(CC#N)NCCOCC1CC1. The molecule has 1 unspecified atom stereocenters. The average molecular weight is 196 g/mol. The van der Waals surface area contributed by atoms with Crippen LogP contribution in [-0.4, -0.2) is 25.8 Å². The third kappa shape index (κ3) is 5.21. The molecule has 1 aliphatic rings. The maximum absolute atomic E-state index is 8.53. The van der Waals surface area contributed by atoms with Crippen LogP contribution in [0.15, 0.2) is 0 Å². The first-order chi connectivity index (χ1) is 6.86. The molecule has 0 aliphatic heterocycles. The number of nitriles is 1. The highest BCUT2D eigenvalue weighted by Gasteiger charge is 2.20. The molecule has 1 saturated carbocycles. The van der Waals surface area contributed by atoms with Gasteiger partial charge in [-0.25, -0.2) is 0 Å². The lowest BCUT2D eigenvalue weighted by atomic mass is 10.2. The fraction of sp³-hybridized carbons (Fsp3) is 0.909. The minimum atomic E-state index is 0.338. The van der Waals surface area contributed by atoms with E-state index in [-0.39, 0.29) is 0 Å². The number of ether oxygens (including phenoxy) is 1. The zero-order valence-electron chi connectivity index (χ0n) is 8.96. The van der Waals surface area contributed by atoms with E-state index < -0.39 is 0 Å². The van der Waals surface area contributed by atoms with E-state index in [9.17, 15) is 0 Å². The molecule has 0 amide bonds. The van der Waals surface area contributed by atoms with Gasteiger partial charge in [0.15, 0.2) is 0 Å². The van der Waals surface area contributed by atoms with Crippen LogP contribution in [-0.2, 0) is 4.74 Å². The van der Waals surface area contributed by atoms with Crippen LogP contribution in [0.4, 0.5) is 0 Å². The van der Waals surface area contributed by atoms with E-state index in [0.29, 0.717) is 12.5 Å². The minimum absolute atomic E-state index is 0.338. The summed E-state index contributed by atoms with van der Waals surface area (Å²) in [5.41, 5.74) is 0. The molecule has 14 heavy (non-hydrogen) atoms. The van der Waals surface area contributed by atoms with Crippen molar-refractivity contribution in [3.05, 3.63) is 0 Å². The standard InChI is InChI=1S/C11H20N2O/c1-2-11(5-6-12)13-7-8-14-9-10-3-4-10/h10-11,13H,2-5,7-9H2,1H3. The van der Waals surface area contributed by atoms with Crippen LogP contribution in [0.2, 0.25) is 0 Å². The second-order valence-corrected chi connectivity index (χ2v) is 3.94. The molecule has 0 aromatic rings. The van der Waals surface area contributed by atoms with Gasteiger partial charge in [0.1, 0.15) is 0 Å². The van der Waals surface area contributed by atoms with E-state index in [1.165, 1.54) is 12.8 Å². The Bertz CT molecular complexity index is 184. The topological polar surface area (TPSA) is 45.0 Å². The first-order valence-corrected chi connectivity index (χ1v) is 5.55. The molecule has 0 heterocycles. The van der Waals surface area contributed by atoms with Crippen molar-refractivity contribution in [1.82, 2.24) is 5.32 Å². The molecule has 0 spiro atoms. The Balaban J connectivity index is 1.87. The molecular weight excluding hydrogens is 176 g/mol. The highest BCUT2D eigenvalue weighted by atomic mass is 16.5. The molecule has 3 heteroatoms. The quantitative estimate of drug-likeness (QED) is 0.601. The molecule has 0 aromatic carbocycles. The number of nitrogens with zero attached hydrogens (tertiary/aromatic N) is 1. The summed E-state index contributed by atoms with van der Waals surface area (Å²) >= 11 is 0. The van der Waals surface area contributed by atoms with E-state index in [0.717, 1.165) is 32.1 Å². The van der Waals surface area contributed by atoms with Crippen LogP contribution in [0.25, 0.3) is 0 Å². The number of rotatable bonds is 8. The molecule has 0 radical (unpaired) electrons. The lowest BCUT2D eigenvalue weighted by Crippen LogP contribution is -2.31. The second-order valence-electron chi connectivity index (χ2n) is 3.94. The zero-order chi connectivity index (χ0) is 10.2. The van der Waals surface area contributed by atoms with Gasteiger partial charge in [-0.3, -0.25) is 0 Å². The van der Waals surface area contributed by atoms with Crippen molar-refractivity contribution < 1.29 is 4.74 Å². The van der Waals surface area contributed by atoms with Crippen LogP contribution in [0, 0.1) is 17.2 Å². The van der Waals surface area contributed by atoms with Gasteiger partial charge in [-0.05, 0) is 25.2 Å². The summed E-state index contributed by atoms with van der Waals surface area (Å²) < 4.78 is 5.49. The molecule has 1 rings (SSSR count). The van der Waals surface area contributed by atoms with Gasteiger partial charge >= 0.3 is 0 Å². The van der Waals surface area contributed by atoms with Crippen molar-refractivity contribution >= 4 is 0 Å². The first kappa shape index (κ1) is 11.5. The fourth-order valence-corrected chi connectivity index (χ4v) is 1.34. The van der Waals surface area contributed by atoms with Crippen LogP contribution in [0.1, 0.15) is 32.6 Å². The van der Waals surface area contributed by atoms with Crippen molar-refractivity contribution in [1.29, 1.82) is 5.26 Å². The third-order valence-electron chi connectivity index (χ3n) is 2.56. The minimum Gasteiger partial charge on any atom is -0.380 e. The monoisotopic (exact) mass is 196 g/mol. The Morgan fingerprint density at radius 2 is 2.36 bits per heavy atom. The van der Waals surface area contributed by atoms with Gasteiger partial charge in [-0.2, -0.15) is 5.26 Å². The lowest BCUT2D eigenvalue weighted by Gasteiger charge is -2.13. The highest BCUT2D eigenvalue weighted by molar-refractivity contribution is 4.79. The average Bonchev–Trinajstić information content (AvgIpc) is 2.99. The Kier molecular flexibility index (Phi) is 5.58. The van der Waals surface area contributed by atoms with Gasteiger partial charge in [-0.15, -0.1) is 0 Å². The largest absolute Gasteiger partial charge is 0.380 e. The summed E-state index contributed by atoms with van der Waals surface area (Å²) in [5.74, 6) is 0.844. The van der Waals surface area contributed by atoms with Gasteiger partial charge in [-0.1, -0.05) is 6.92 Å². The van der Waals surface area contributed by atoms with E-state index in [1.54, 1.807) is 0 Å². The van der Waals surface area contributed by atoms with E-state index in [2.05, 4.69) is 18.3 Å².